The Morgan fingerprint density at radius 2 is 2.12 bits per heavy atom. The summed E-state index contributed by atoms with van der Waals surface area (Å²) in [6, 6.07) is 5.50. The van der Waals surface area contributed by atoms with Crippen LogP contribution in [-0.4, -0.2) is 44.6 Å². The van der Waals surface area contributed by atoms with Gasteiger partial charge in [-0.2, -0.15) is 10.1 Å². The van der Waals surface area contributed by atoms with Gasteiger partial charge in [-0.3, -0.25) is 14.3 Å². The number of rotatable bonds is 6. The molecule has 1 aliphatic heterocycles. The minimum absolute atomic E-state index is 0.148. The molecule has 1 atom stereocenters. The lowest BCUT2D eigenvalue weighted by molar-refractivity contribution is 0.0551. The summed E-state index contributed by atoms with van der Waals surface area (Å²) in [4.78, 5) is 30.5. The Bertz CT molecular complexity index is 1200. The molecule has 0 aromatic carbocycles. The van der Waals surface area contributed by atoms with Crippen LogP contribution in [0, 0.1) is 0 Å². The first-order valence-corrected chi connectivity index (χ1v) is 11.2. The molecule has 168 valence electrons. The molecule has 0 unspecified atom stereocenters. The van der Waals surface area contributed by atoms with Crippen molar-refractivity contribution in [3.8, 4) is 5.88 Å². The van der Waals surface area contributed by atoms with Gasteiger partial charge in [0.1, 0.15) is 11.3 Å². The first kappa shape index (κ1) is 20.7. The second-order valence-electron chi connectivity index (χ2n) is 8.72. The monoisotopic (exact) mass is 437 g/mol. The van der Waals surface area contributed by atoms with E-state index in [9.17, 15) is 9.59 Å². The van der Waals surface area contributed by atoms with E-state index in [1.807, 2.05) is 24.7 Å². The highest BCUT2D eigenvalue weighted by Crippen LogP contribution is 2.33. The van der Waals surface area contributed by atoms with Gasteiger partial charge >= 0.3 is 0 Å². The summed E-state index contributed by atoms with van der Waals surface area (Å²) in [5, 5.41) is 8.10. The lowest BCUT2D eigenvalue weighted by atomic mass is 10.1. The van der Waals surface area contributed by atoms with Gasteiger partial charge in [-0.15, -0.1) is 0 Å². The van der Waals surface area contributed by atoms with Gasteiger partial charge in [0.2, 0.25) is 5.88 Å². The molecule has 1 N–H and O–H groups in total. The zero-order chi connectivity index (χ0) is 22.2. The van der Waals surface area contributed by atoms with E-state index < -0.39 is 5.91 Å². The third-order valence-electron chi connectivity index (χ3n) is 5.74. The van der Waals surface area contributed by atoms with Gasteiger partial charge in [-0.25, -0.2) is 0 Å². The topological polar surface area (TPSA) is 100 Å². The van der Waals surface area contributed by atoms with Crippen LogP contribution in [0.5, 0.6) is 5.88 Å². The fourth-order valence-electron chi connectivity index (χ4n) is 3.99. The molecule has 0 bridgehead atoms. The number of nitrogens with one attached hydrogen (secondary N) is 1. The van der Waals surface area contributed by atoms with Crippen molar-refractivity contribution < 1.29 is 14.3 Å². The van der Waals surface area contributed by atoms with Gasteiger partial charge < -0.3 is 19.4 Å². The summed E-state index contributed by atoms with van der Waals surface area (Å²) >= 11 is 0. The molecule has 3 aromatic rings. The molecule has 4 heterocycles. The summed E-state index contributed by atoms with van der Waals surface area (Å²) < 4.78 is 15.0. The van der Waals surface area contributed by atoms with Crippen LogP contribution in [0.2, 0.25) is 0 Å². The van der Waals surface area contributed by atoms with Crippen molar-refractivity contribution in [1.82, 2.24) is 19.3 Å². The number of fused-ring (bicyclic) bond motifs is 1. The number of ether oxygens (including phenoxy) is 2. The minimum Gasteiger partial charge on any atom is -0.474 e. The standard InChI is InChI=1S/C23H27N5O4/c1-14(2)32-22-18(21(29)24-19-6-3-9-27(23(19)30)16-7-8-16)11-15-12-28(26-20(15)25-22)17-5-4-10-31-13-17/h3,6,9,11-12,14,16-17H,4-5,7-8,10,13H2,1-2H3,(H,24,29)/t17-/m0/s1. The summed E-state index contributed by atoms with van der Waals surface area (Å²) in [5.41, 5.74) is 0.828. The summed E-state index contributed by atoms with van der Waals surface area (Å²) in [6.07, 6.45) is 7.42. The van der Waals surface area contributed by atoms with E-state index in [0.29, 0.717) is 12.3 Å². The molecule has 1 amide bonds. The molecular weight excluding hydrogens is 410 g/mol. The van der Waals surface area contributed by atoms with Gasteiger partial charge in [0.15, 0.2) is 5.65 Å². The Morgan fingerprint density at radius 1 is 1.28 bits per heavy atom. The Labute approximate surface area is 185 Å². The van der Waals surface area contributed by atoms with Crippen LogP contribution in [0.4, 0.5) is 5.69 Å². The highest BCUT2D eigenvalue weighted by atomic mass is 16.5. The smallest absolute Gasteiger partial charge is 0.274 e. The minimum atomic E-state index is -0.436. The molecular formula is C23H27N5O4. The first-order valence-electron chi connectivity index (χ1n) is 11.2. The molecule has 2 aliphatic rings. The molecule has 2 fully saturated rings. The predicted molar refractivity (Wildman–Crippen MR) is 119 cm³/mol. The molecule has 0 spiro atoms. The van der Waals surface area contributed by atoms with Gasteiger partial charge in [0.05, 0.1) is 18.8 Å². The number of anilines is 1. The van der Waals surface area contributed by atoms with Crippen molar-refractivity contribution in [1.29, 1.82) is 0 Å². The maximum atomic E-state index is 13.2. The van der Waals surface area contributed by atoms with Crippen molar-refractivity contribution >= 4 is 22.6 Å². The van der Waals surface area contributed by atoms with E-state index in [1.54, 1.807) is 29.0 Å². The van der Waals surface area contributed by atoms with Gasteiger partial charge in [0, 0.05) is 30.4 Å². The summed E-state index contributed by atoms with van der Waals surface area (Å²) in [7, 11) is 0. The van der Waals surface area contributed by atoms with Crippen LogP contribution in [0.3, 0.4) is 0 Å². The third kappa shape index (κ3) is 4.12. The molecule has 32 heavy (non-hydrogen) atoms. The van der Waals surface area contributed by atoms with E-state index in [-0.39, 0.29) is 40.9 Å². The van der Waals surface area contributed by atoms with E-state index in [1.165, 1.54) is 0 Å². The van der Waals surface area contributed by atoms with Crippen LogP contribution >= 0.6 is 0 Å². The fraction of sp³-hybridized carbons (Fsp3) is 0.478. The SMILES string of the molecule is CC(C)Oc1nc2nn([C@H]3CCCOC3)cc2cc1C(=O)Nc1cccn(C2CC2)c1=O. The highest BCUT2D eigenvalue weighted by molar-refractivity contribution is 6.07. The van der Waals surface area contributed by atoms with Crippen molar-refractivity contribution in [3.05, 3.63) is 46.5 Å². The quantitative estimate of drug-likeness (QED) is 0.635. The van der Waals surface area contributed by atoms with Crippen LogP contribution < -0.4 is 15.6 Å². The van der Waals surface area contributed by atoms with Crippen LogP contribution in [-0.2, 0) is 4.74 Å². The van der Waals surface area contributed by atoms with Crippen molar-refractivity contribution in [2.75, 3.05) is 18.5 Å². The number of amides is 1. The summed E-state index contributed by atoms with van der Waals surface area (Å²) in [6.45, 7) is 5.13. The second kappa shape index (κ2) is 8.38. The Hall–Kier alpha value is -3.20. The first-order chi connectivity index (χ1) is 15.5. The van der Waals surface area contributed by atoms with Gasteiger partial charge in [0.25, 0.3) is 11.5 Å². The lowest BCUT2D eigenvalue weighted by Crippen LogP contribution is -2.25. The molecule has 9 nitrogen and oxygen atoms in total. The number of hydrogen-bond acceptors (Lipinski definition) is 6. The molecule has 1 aliphatic carbocycles. The number of carbonyl (C=O) groups excluding carboxylic acids is 1. The van der Waals surface area contributed by atoms with Crippen LogP contribution in [0.25, 0.3) is 11.0 Å². The lowest BCUT2D eigenvalue weighted by Gasteiger charge is -2.21. The van der Waals surface area contributed by atoms with Crippen molar-refractivity contribution in [2.24, 2.45) is 0 Å². The average Bonchev–Trinajstić information content (AvgIpc) is 3.53. The zero-order valence-corrected chi connectivity index (χ0v) is 18.3. The normalized spacial score (nSPS) is 18.8. The molecule has 0 radical (unpaired) electrons. The summed E-state index contributed by atoms with van der Waals surface area (Å²) in [5.74, 6) is -0.233. The Kier molecular flexibility index (Phi) is 5.42. The third-order valence-corrected chi connectivity index (χ3v) is 5.74. The van der Waals surface area contributed by atoms with E-state index in [2.05, 4.69) is 15.4 Å². The fourth-order valence-corrected chi connectivity index (χ4v) is 3.99. The second-order valence-corrected chi connectivity index (χ2v) is 8.72. The number of hydrogen-bond donors (Lipinski definition) is 1. The van der Waals surface area contributed by atoms with Crippen LogP contribution in [0.15, 0.2) is 35.4 Å². The molecule has 9 heteroatoms. The van der Waals surface area contributed by atoms with Crippen molar-refractivity contribution in [3.63, 3.8) is 0 Å². The van der Waals surface area contributed by atoms with E-state index >= 15 is 0 Å². The van der Waals surface area contributed by atoms with Crippen LogP contribution in [0.1, 0.15) is 62.0 Å². The largest absolute Gasteiger partial charge is 0.474 e. The molecule has 1 saturated heterocycles. The van der Waals surface area contributed by atoms with Gasteiger partial charge in [-0.05, 0) is 57.7 Å². The number of nitrogens with zero attached hydrogens (tertiary/aromatic N) is 4. The number of carbonyl (C=O) groups is 1. The molecule has 3 aromatic heterocycles. The maximum Gasteiger partial charge on any atom is 0.274 e. The number of aromatic nitrogens is 4. The number of pyridine rings is 2. The Balaban J connectivity index is 1.49. The predicted octanol–water partition coefficient (Wildman–Crippen LogP) is 3.32. The van der Waals surface area contributed by atoms with Gasteiger partial charge in [-0.1, -0.05) is 0 Å². The van der Waals surface area contributed by atoms with E-state index in [0.717, 1.165) is 37.7 Å². The Morgan fingerprint density at radius 3 is 2.84 bits per heavy atom. The van der Waals surface area contributed by atoms with Crippen molar-refractivity contribution in [2.45, 2.75) is 57.7 Å². The molecule has 1 saturated carbocycles. The maximum absolute atomic E-state index is 13.2. The zero-order valence-electron chi connectivity index (χ0n) is 18.3. The highest BCUT2D eigenvalue weighted by Gasteiger charge is 2.26. The molecule has 5 rings (SSSR count). The average molecular weight is 438 g/mol. The van der Waals surface area contributed by atoms with E-state index in [4.69, 9.17) is 9.47 Å².